The van der Waals surface area contributed by atoms with Crippen molar-refractivity contribution < 1.29 is 39.8 Å². The van der Waals surface area contributed by atoms with Crippen LogP contribution in [0, 0.1) is 0 Å². The summed E-state index contributed by atoms with van der Waals surface area (Å²) in [6.45, 7) is 3.74. The average molecular weight is 726 g/mol. The minimum atomic E-state index is -1.57. The van der Waals surface area contributed by atoms with Gasteiger partial charge < -0.3 is 40.3 Å². The molecule has 1 aliphatic rings. The molecule has 0 radical (unpaired) electrons. The van der Waals surface area contributed by atoms with E-state index in [1.165, 1.54) is 122 Å². The monoisotopic (exact) mass is 726 g/mol. The van der Waals surface area contributed by atoms with E-state index in [1.807, 2.05) is 6.08 Å². The van der Waals surface area contributed by atoms with Crippen LogP contribution < -0.4 is 5.32 Å². The van der Waals surface area contributed by atoms with Gasteiger partial charge in [-0.25, -0.2) is 0 Å². The molecule has 300 valence electrons. The molecule has 1 rings (SSSR count). The third-order valence-corrected chi connectivity index (χ3v) is 10.0. The van der Waals surface area contributed by atoms with Crippen molar-refractivity contribution in [2.75, 3.05) is 13.2 Å². The number of hydrogen-bond donors (Lipinski definition) is 6. The van der Waals surface area contributed by atoms with Gasteiger partial charge in [-0.3, -0.25) is 4.79 Å². The van der Waals surface area contributed by atoms with E-state index in [2.05, 4.69) is 31.3 Å². The Balaban J connectivity index is 2.43. The lowest BCUT2D eigenvalue weighted by molar-refractivity contribution is -0.302. The number of hydrogen-bond acceptors (Lipinski definition) is 8. The standard InChI is InChI=1S/C42H79NO8/c1-3-5-7-9-11-13-15-17-19-21-23-25-27-29-31-36(45)35(34-50-42-41(49)40(48)39(47)37(33-44)51-42)43-38(46)32-30-28-26-24-22-20-18-16-14-12-10-8-6-4-2/h21,23,29,31,35-37,39-42,44-45,47-49H,3-20,22,24-28,30,32-34H2,1-2H3,(H,43,46)/b23-21+,31-29+/t35-,36+,37-,39-,40?,41?,42-/m0/s1. The first-order chi connectivity index (χ1) is 24.8. The van der Waals surface area contributed by atoms with Gasteiger partial charge in [0, 0.05) is 6.42 Å². The Labute approximate surface area is 311 Å². The van der Waals surface area contributed by atoms with E-state index in [4.69, 9.17) is 9.47 Å². The van der Waals surface area contributed by atoms with Gasteiger partial charge in [-0.1, -0.05) is 167 Å². The van der Waals surface area contributed by atoms with E-state index in [0.29, 0.717) is 6.42 Å². The van der Waals surface area contributed by atoms with Crippen molar-refractivity contribution in [1.82, 2.24) is 5.32 Å². The fourth-order valence-electron chi connectivity index (χ4n) is 6.58. The minimum absolute atomic E-state index is 0.187. The van der Waals surface area contributed by atoms with Crippen LogP contribution in [0.5, 0.6) is 0 Å². The normalized spacial score (nSPS) is 22.2. The molecule has 9 nitrogen and oxygen atoms in total. The Morgan fingerprint density at radius 2 is 1.12 bits per heavy atom. The van der Waals surface area contributed by atoms with Crippen molar-refractivity contribution in [3.8, 4) is 0 Å². The van der Waals surface area contributed by atoms with E-state index >= 15 is 0 Å². The largest absolute Gasteiger partial charge is 0.394 e. The van der Waals surface area contributed by atoms with Gasteiger partial charge in [0.05, 0.1) is 25.4 Å². The second kappa shape index (κ2) is 33.3. The van der Waals surface area contributed by atoms with Crippen molar-refractivity contribution in [1.29, 1.82) is 0 Å². The molecule has 1 saturated heterocycles. The zero-order valence-corrected chi connectivity index (χ0v) is 32.6. The Bertz CT molecular complexity index is 853. The quantitative estimate of drug-likeness (QED) is 0.0289. The Hall–Kier alpha value is -1.33. The number of allylic oxidation sites excluding steroid dienone is 3. The van der Waals surface area contributed by atoms with Crippen LogP contribution in [-0.2, 0) is 14.3 Å². The van der Waals surface area contributed by atoms with Gasteiger partial charge in [0.15, 0.2) is 6.29 Å². The smallest absolute Gasteiger partial charge is 0.220 e. The van der Waals surface area contributed by atoms with Crippen molar-refractivity contribution in [2.24, 2.45) is 0 Å². The molecule has 0 spiro atoms. The molecule has 2 unspecified atom stereocenters. The molecule has 6 N–H and O–H groups in total. The summed E-state index contributed by atoms with van der Waals surface area (Å²) < 4.78 is 11.2. The van der Waals surface area contributed by atoms with Crippen LogP contribution in [0.4, 0.5) is 0 Å². The first kappa shape index (κ1) is 47.7. The highest BCUT2D eigenvalue weighted by molar-refractivity contribution is 5.76. The van der Waals surface area contributed by atoms with E-state index < -0.39 is 49.5 Å². The third kappa shape index (κ3) is 24.6. The van der Waals surface area contributed by atoms with Gasteiger partial charge >= 0.3 is 0 Å². The molecule has 1 aliphatic heterocycles. The fraction of sp³-hybridized carbons (Fsp3) is 0.881. The molecule has 0 bridgehead atoms. The van der Waals surface area contributed by atoms with Gasteiger partial charge in [-0.2, -0.15) is 0 Å². The maximum atomic E-state index is 12.9. The van der Waals surface area contributed by atoms with E-state index in [-0.39, 0.29) is 12.5 Å². The first-order valence-corrected chi connectivity index (χ1v) is 21.1. The van der Waals surface area contributed by atoms with Crippen LogP contribution in [0.1, 0.15) is 181 Å². The number of ether oxygens (including phenoxy) is 2. The van der Waals surface area contributed by atoms with Crippen LogP contribution in [-0.4, -0.2) is 87.5 Å². The highest BCUT2D eigenvalue weighted by atomic mass is 16.7. The molecule has 1 fully saturated rings. The van der Waals surface area contributed by atoms with Crippen LogP contribution in [0.3, 0.4) is 0 Å². The number of amides is 1. The van der Waals surface area contributed by atoms with Crippen molar-refractivity contribution >= 4 is 5.91 Å². The summed E-state index contributed by atoms with van der Waals surface area (Å²) in [5.74, 6) is -0.187. The maximum absolute atomic E-state index is 12.9. The Kier molecular flexibility index (Phi) is 31.1. The number of aliphatic hydroxyl groups excluding tert-OH is 5. The molecule has 1 amide bonds. The fourth-order valence-corrected chi connectivity index (χ4v) is 6.58. The van der Waals surface area contributed by atoms with Gasteiger partial charge in [0.2, 0.25) is 5.91 Å². The van der Waals surface area contributed by atoms with Gasteiger partial charge in [-0.05, 0) is 32.1 Å². The molecule has 0 aromatic heterocycles. The maximum Gasteiger partial charge on any atom is 0.220 e. The van der Waals surface area contributed by atoms with E-state index in [1.54, 1.807) is 6.08 Å². The number of aliphatic hydroxyl groups is 5. The summed E-state index contributed by atoms with van der Waals surface area (Å²) in [5.41, 5.74) is 0. The number of unbranched alkanes of at least 4 members (excludes halogenated alkanes) is 22. The lowest BCUT2D eigenvalue weighted by Crippen LogP contribution is -2.60. The summed E-state index contributed by atoms with van der Waals surface area (Å²) >= 11 is 0. The number of carbonyl (C=O) groups is 1. The third-order valence-electron chi connectivity index (χ3n) is 10.0. The summed E-state index contributed by atoms with van der Waals surface area (Å²) in [6.07, 6.45) is 30.7. The molecule has 0 aromatic carbocycles. The molecular formula is C42H79NO8. The van der Waals surface area contributed by atoms with Crippen LogP contribution in [0.15, 0.2) is 24.3 Å². The zero-order valence-electron chi connectivity index (χ0n) is 32.6. The van der Waals surface area contributed by atoms with Crippen LogP contribution >= 0.6 is 0 Å². The van der Waals surface area contributed by atoms with Gasteiger partial charge in [-0.15, -0.1) is 0 Å². The SMILES string of the molecule is CCCCCCCCCC/C=C/CC/C=C/[C@@H](O)[C@H](CO[C@H]1O[C@@H](CO)[C@H](O)C(O)C1O)NC(=O)CCCCCCCCCCCCCCCC. The second-order valence-electron chi connectivity index (χ2n) is 14.8. The van der Waals surface area contributed by atoms with Crippen LogP contribution in [0.25, 0.3) is 0 Å². The predicted molar refractivity (Wildman–Crippen MR) is 207 cm³/mol. The molecule has 1 heterocycles. The minimum Gasteiger partial charge on any atom is -0.394 e. The lowest BCUT2D eigenvalue weighted by Gasteiger charge is -2.40. The topological polar surface area (TPSA) is 149 Å². The molecular weight excluding hydrogens is 646 g/mol. The Morgan fingerprint density at radius 1 is 0.647 bits per heavy atom. The molecule has 7 atom stereocenters. The van der Waals surface area contributed by atoms with Crippen molar-refractivity contribution in [3.05, 3.63) is 24.3 Å². The summed E-state index contributed by atoms with van der Waals surface area (Å²) in [6, 6.07) is -0.815. The molecule has 0 saturated carbocycles. The zero-order chi connectivity index (χ0) is 37.4. The highest BCUT2D eigenvalue weighted by Crippen LogP contribution is 2.22. The number of carbonyl (C=O) groups excluding carboxylic acids is 1. The molecule has 0 aliphatic carbocycles. The lowest BCUT2D eigenvalue weighted by atomic mass is 9.99. The molecule has 9 heteroatoms. The van der Waals surface area contributed by atoms with E-state index in [9.17, 15) is 30.3 Å². The highest BCUT2D eigenvalue weighted by Gasteiger charge is 2.44. The van der Waals surface area contributed by atoms with Gasteiger partial charge in [0.1, 0.15) is 24.4 Å². The van der Waals surface area contributed by atoms with Crippen LogP contribution in [0.2, 0.25) is 0 Å². The molecule has 0 aromatic rings. The average Bonchev–Trinajstić information content (AvgIpc) is 3.13. The van der Waals surface area contributed by atoms with E-state index in [0.717, 1.165) is 38.5 Å². The number of nitrogens with one attached hydrogen (secondary N) is 1. The van der Waals surface area contributed by atoms with Crippen molar-refractivity contribution in [2.45, 2.75) is 224 Å². The van der Waals surface area contributed by atoms with Crippen molar-refractivity contribution in [3.63, 3.8) is 0 Å². The number of rotatable bonds is 34. The second-order valence-corrected chi connectivity index (χ2v) is 14.8. The summed E-state index contributed by atoms with van der Waals surface area (Å²) in [5, 5.41) is 54.0. The summed E-state index contributed by atoms with van der Waals surface area (Å²) in [7, 11) is 0. The first-order valence-electron chi connectivity index (χ1n) is 21.1. The molecule has 51 heavy (non-hydrogen) atoms. The summed E-state index contributed by atoms with van der Waals surface area (Å²) in [4.78, 5) is 12.9. The predicted octanol–water partition coefficient (Wildman–Crippen LogP) is 7.94. The van der Waals surface area contributed by atoms with Gasteiger partial charge in [0.25, 0.3) is 0 Å². The Morgan fingerprint density at radius 3 is 1.65 bits per heavy atom.